The predicted octanol–water partition coefficient (Wildman–Crippen LogP) is 0.737. The molecule has 0 aliphatic heterocycles. The van der Waals surface area contributed by atoms with Crippen LogP contribution in [0.1, 0.15) is 20.7 Å². The molecule has 0 fully saturated rings. The lowest BCUT2D eigenvalue weighted by atomic mass is 10.0. The van der Waals surface area contributed by atoms with Gasteiger partial charge in [-0.1, -0.05) is 0 Å². The Morgan fingerprint density at radius 2 is 1.79 bits per heavy atom. The summed E-state index contributed by atoms with van der Waals surface area (Å²) >= 11 is 0. The van der Waals surface area contributed by atoms with Gasteiger partial charge in [0, 0.05) is 6.07 Å². The van der Waals surface area contributed by atoms with Crippen molar-refractivity contribution in [1.82, 2.24) is 0 Å². The van der Waals surface area contributed by atoms with E-state index in [-0.39, 0.29) is 5.56 Å². The monoisotopic (exact) mass is 267 g/mol. The lowest BCUT2D eigenvalue weighted by molar-refractivity contribution is -0.385. The highest BCUT2D eigenvalue weighted by atomic mass is 16.6. The number of carbonyl (C=O) groups is 3. The predicted molar refractivity (Wildman–Crippen MR) is 60.8 cm³/mol. The van der Waals surface area contributed by atoms with Gasteiger partial charge in [-0.2, -0.15) is 0 Å². The van der Waals surface area contributed by atoms with Crippen LogP contribution in [0.3, 0.4) is 0 Å². The van der Waals surface area contributed by atoms with E-state index in [1.807, 2.05) is 0 Å². The fourth-order valence-corrected chi connectivity index (χ4v) is 1.32. The molecule has 0 heterocycles. The molecular formula is C11H9NO7. The normalized spacial score (nSPS) is 9.58. The third-order valence-electron chi connectivity index (χ3n) is 2.23. The summed E-state index contributed by atoms with van der Waals surface area (Å²) in [5.74, 6) is -3.25. The second-order valence-corrected chi connectivity index (χ2v) is 3.30. The highest BCUT2D eigenvalue weighted by Gasteiger charge is 2.27. The number of hydrogen-bond acceptors (Lipinski definition) is 7. The number of nitro groups is 1. The summed E-state index contributed by atoms with van der Waals surface area (Å²) < 4.78 is 8.62. The van der Waals surface area contributed by atoms with Crippen molar-refractivity contribution >= 4 is 23.4 Å². The molecule has 1 aromatic rings. The Kier molecular flexibility index (Phi) is 4.30. The van der Waals surface area contributed by atoms with Gasteiger partial charge in [-0.25, -0.2) is 9.59 Å². The van der Waals surface area contributed by atoms with Crippen LogP contribution in [0.2, 0.25) is 0 Å². The van der Waals surface area contributed by atoms with E-state index in [2.05, 4.69) is 9.47 Å². The van der Waals surface area contributed by atoms with Crippen molar-refractivity contribution in [2.24, 2.45) is 0 Å². The van der Waals surface area contributed by atoms with Gasteiger partial charge in [0.05, 0.1) is 24.7 Å². The Morgan fingerprint density at radius 3 is 2.26 bits per heavy atom. The molecule has 0 aliphatic carbocycles. The average Bonchev–Trinajstić information content (AvgIpc) is 2.43. The van der Waals surface area contributed by atoms with Crippen LogP contribution >= 0.6 is 0 Å². The number of carbonyl (C=O) groups excluding carboxylic acids is 3. The highest BCUT2D eigenvalue weighted by molar-refractivity contribution is 6.41. The topological polar surface area (TPSA) is 113 Å². The van der Waals surface area contributed by atoms with Crippen molar-refractivity contribution in [3.8, 4) is 0 Å². The van der Waals surface area contributed by atoms with Gasteiger partial charge in [-0.15, -0.1) is 0 Å². The van der Waals surface area contributed by atoms with E-state index in [0.717, 1.165) is 32.4 Å². The van der Waals surface area contributed by atoms with E-state index in [0.29, 0.717) is 0 Å². The van der Waals surface area contributed by atoms with Crippen molar-refractivity contribution in [2.45, 2.75) is 0 Å². The number of esters is 2. The third kappa shape index (κ3) is 2.92. The third-order valence-corrected chi connectivity index (χ3v) is 2.23. The molecule has 0 bridgehead atoms. The van der Waals surface area contributed by atoms with Gasteiger partial charge < -0.3 is 9.47 Å². The maximum atomic E-state index is 11.6. The number of nitro benzene ring substituents is 1. The molecule has 0 aromatic heterocycles. The SMILES string of the molecule is COC(=O)C(=O)c1cc(C(=O)OC)ccc1[N+](=O)[O-]. The molecule has 100 valence electrons. The van der Waals surface area contributed by atoms with Crippen molar-refractivity contribution < 1.29 is 28.8 Å². The number of ether oxygens (including phenoxy) is 2. The van der Waals surface area contributed by atoms with E-state index in [1.165, 1.54) is 0 Å². The van der Waals surface area contributed by atoms with Crippen LogP contribution in [0.5, 0.6) is 0 Å². The molecule has 0 atom stereocenters. The molecule has 0 N–H and O–H groups in total. The molecule has 8 heteroatoms. The van der Waals surface area contributed by atoms with E-state index in [4.69, 9.17) is 0 Å². The standard InChI is InChI=1S/C11H9NO7/c1-18-10(14)6-3-4-8(12(16)17)7(5-6)9(13)11(15)19-2/h3-5H,1-2H3. The minimum Gasteiger partial charge on any atom is -0.465 e. The molecule has 0 saturated carbocycles. The summed E-state index contributed by atoms with van der Waals surface area (Å²) in [7, 11) is 2.09. The van der Waals surface area contributed by atoms with Crippen LogP contribution in [0, 0.1) is 10.1 Å². The first-order chi connectivity index (χ1) is 8.92. The van der Waals surface area contributed by atoms with Crippen molar-refractivity contribution in [3.63, 3.8) is 0 Å². The second kappa shape index (κ2) is 5.71. The van der Waals surface area contributed by atoms with Gasteiger partial charge in [0.2, 0.25) is 0 Å². The summed E-state index contributed by atoms with van der Waals surface area (Å²) in [5.41, 5.74) is -1.21. The lowest BCUT2D eigenvalue weighted by Gasteiger charge is -2.03. The molecule has 1 rings (SSSR count). The smallest absolute Gasteiger partial charge is 0.379 e. The number of ketones is 1. The first-order valence-electron chi connectivity index (χ1n) is 4.91. The van der Waals surface area contributed by atoms with E-state index in [1.54, 1.807) is 0 Å². The highest BCUT2D eigenvalue weighted by Crippen LogP contribution is 2.21. The minimum absolute atomic E-state index is 0.0830. The van der Waals surface area contributed by atoms with Crippen molar-refractivity contribution in [2.75, 3.05) is 14.2 Å². The molecule has 0 radical (unpaired) electrons. The van der Waals surface area contributed by atoms with Gasteiger partial charge in [-0.3, -0.25) is 14.9 Å². The molecule has 0 spiro atoms. The number of rotatable bonds is 4. The Morgan fingerprint density at radius 1 is 1.16 bits per heavy atom. The summed E-state index contributed by atoms with van der Waals surface area (Å²) in [6.07, 6.45) is 0. The maximum Gasteiger partial charge on any atom is 0.379 e. The minimum atomic E-state index is -1.26. The van der Waals surface area contributed by atoms with Crippen LogP contribution < -0.4 is 0 Å². The molecule has 19 heavy (non-hydrogen) atoms. The first-order valence-corrected chi connectivity index (χ1v) is 4.91. The first kappa shape index (κ1) is 14.3. The average molecular weight is 267 g/mol. The summed E-state index contributed by atoms with van der Waals surface area (Å²) in [4.78, 5) is 44.0. The number of methoxy groups -OCH3 is 2. The van der Waals surface area contributed by atoms with Crippen LogP contribution in [0.25, 0.3) is 0 Å². The molecule has 0 aliphatic rings. The zero-order valence-corrected chi connectivity index (χ0v) is 10.0. The summed E-state index contributed by atoms with van der Waals surface area (Å²) in [6, 6.07) is 2.99. The molecule has 8 nitrogen and oxygen atoms in total. The fourth-order valence-electron chi connectivity index (χ4n) is 1.32. The molecule has 1 aromatic carbocycles. The van der Waals surface area contributed by atoms with Crippen molar-refractivity contribution in [3.05, 3.63) is 39.4 Å². The second-order valence-electron chi connectivity index (χ2n) is 3.30. The van der Waals surface area contributed by atoms with E-state index >= 15 is 0 Å². The Labute approximate surface area is 107 Å². The van der Waals surface area contributed by atoms with Crippen molar-refractivity contribution in [1.29, 1.82) is 0 Å². The fraction of sp³-hybridized carbons (Fsp3) is 0.182. The number of nitrogens with zero attached hydrogens (tertiary/aromatic N) is 1. The van der Waals surface area contributed by atoms with Gasteiger partial charge in [-0.05, 0) is 12.1 Å². The summed E-state index contributed by atoms with van der Waals surface area (Å²) in [6.45, 7) is 0. The Hall–Kier alpha value is -2.77. The quantitative estimate of drug-likeness (QED) is 0.260. The Bertz CT molecular complexity index is 564. The number of benzene rings is 1. The largest absolute Gasteiger partial charge is 0.465 e. The molecular weight excluding hydrogens is 258 g/mol. The summed E-state index contributed by atoms with van der Waals surface area (Å²) in [5, 5.41) is 10.8. The van der Waals surface area contributed by atoms with E-state index < -0.39 is 33.9 Å². The number of Topliss-reactive ketones (excluding diaryl/α,β-unsaturated/α-hetero) is 1. The number of hydrogen-bond donors (Lipinski definition) is 0. The van der Waals surface area contributed by atoms with Crippen LogP contribution in [0.4, 0.5) is 5.69 Å². The van der Waals surface area contributed by atoms with Gasteiger partial charge >= 0.3 is 11.9 Å². The lowest BCUT2D eigenvalue weighted by Crippen LogP contribution is -2.18. The van der Waals surface area contributed by atoms with Crippen LogP contribution in [0.15, 0.2) is 18.2 Å². The zero-order chi connectivity index (χ0) is 14.6. The van der Waals surface area contributed by atoms with Gasteiger partial charge in [0.25, 0.3) is 11.5 Å². The molecule has 0 unspecified atom stereocenters. The van der Waals surface area contributed by atoms with Gasteiger partial charge in [0.15, 0.2) is 0 Å². The zero-order valence-electron chi connectivity index (χ0n) is 10.0. The molecule has 0 saturated heterocycles. The van der Waals surface area contributed by atoms with Crippen LogP contribution in [-0.2, 0) is 14.3 Å². The maximum absolute atomic E-state index is 11.6. The molecule has 0 amide bonds. The van der Waals surface area contributed by atoms with Crippen LogP contribution in [-0.4, -0.2) is 36.9 Å². The van der Waals surface area contributed by atoms with E-state index in [9.17, 15) is 24.5 Å². The Balaban J connectivity index is 3.39. The van der Waals surface area contributed by atoms with Gasteiger partial charge in [0.1, 0.15) is 5.56 Å².